The third kappa shape index (κ3) is 2.14. The molecule has 2 heterocycles. The van der Waals surface area contributed by atoms with Crippen LogP contribution in [0.4, 0.5) is 5.82 Å². The van der Waals surface area contributed by atoms with Gasteiger partial charge in [0.05, 0.1) is 5.69 Å². The maximum atomic E-state index is 6.01. The van der Waals surface area contributed by atoms with Crippen molar-refractivity contribution in [3.05, 3.63) is 35.5 Å². The second-order valence-electron chi connectivity index (χ2n) is 4.24. The molecule has 2 aromatic heterocycles. The smallest absolute Gasteiger partial charge is 0.199 e. The molecule has 0 radical (unpaired) electrons. The number of benzene rings is 1. The average Bonchev–Trinajstić information content (AvgIpc) is 3.04. The van der Waals surface area contributed by atoms with Crippen molar-refractivity contribution in [2.45, 2.75) is 13.5 Å². The molecule has 0 saturated heterocycles. The summed E-state index contributed by atoms with van der Waals surface area (Å²) in [5, 5.41) is 8.04. The first-order valence-electron chi connectivity index (χ1n) is 6.10. The first-order chi connectivity index (χ1) is 9.69. The van der Waals surface area contributed by atoms with E-state index in [1.165, 1.54) is 0 Å². The van der Waals surface area contributed by atoms with Crippen molar-refractivity contribution in [3.8, 4) is 22.8 Å². The molecule has 0 saturated carbocycles. The first-order valence-corrected chi connectivity index (χ1v) is 6.48. The third-order valence-corrected chi connectivity index (χ3v) is 3.20. The average molecular weight is 290 g/mol. The van der Waals surface area contributed by atoms with E-state index >= 15 is 0 Å². The number of imidazole rings is 1. The zero-order chi connectivity index (χ0) is 14.1. The molecule has 1 aromatic carbocycles. The van der Waals surface area contributed by atoms with Crippen LogP contribution in [0.3, 0.4) is 0 Å². The molecule has 102 valence electrons. The Bertz CT molecular complexity index is 749. The molecule has 0 aliphatic rings. The lowest BCUT2D eigenvalue weighted by Gasteiger charge is -1.99. The van der Waals surface area contributed by atoms with Crippen LogP contribution in [0.25, 0.3) is 22.8 Å². The highest BCUT2D eigenvalue weighted by Gasteiger charge is 2.17. The maximum Gasteiger partial charge on any atom is 0.199 e. The molecule has 0 unspecified atom stereocenters. The summed E-state index contributed by atoms with van der Waals surface area (Å²) in [5.74, 6) is 0.851. The van der Waals surface area contributed by atoms with Crippen molar-refractivity contribution in [3.63, 3.8) is 0 Å². The SMILES string of the molecule is CCn1cc(-c2cccc(Cl)c2)nc1-c1nonc1N. The van der Waals surface area contributed by atoms with Crippen LogP contribution >= 0.6 is 11.6 Å². The number of hydrogen-bond donors (Lipinski definition) is 1. The highest BCUT2D eigenvalue weighted by Crippen LogP contribution is 2.27. The van der Waals surface area contributed by atoms with Gasteiger partial charge in [-0.05, 0) is 29.4 Å². The third-order valence-electron chi connectivity index (χ3n) is 2.96. The van der Waals surface area contributed by atoms with Crippen LogP contribution in [0.15, 0.2) is 35.1 Å². The summed E-state index contributed by atoms with van der Waals surface area (Å²) < 4.78 is 6.57. The summed E-state index contributed by atoms with van der Waals surface area (Å²) in [4.78, 5) is 4.56. The van der Waals surface area contributed by atoms with Gasteiger partial charge in [0.15, 0.2) is 17.3 Å². The zero-order valence-corrected chi connectivity index (χ0v) is 11.5. The topological polar surface area (TPSA) is 82.8 Å². The minimum atomic E-state index is 0.225. The van der Waals surface area contributed by atoms with Crippen LogP contribution in [0.2, 0.25) is 5.02 Å². The summed E-state index contributed by atoms with van der Waals surface area (Å²) in [6.07, 6.45) is 1.93. The van der Waals surface area contributed by atoms with E-state index in [2.05, 4.69) is 19.9 Å². The molecule has 0 bridgehead atoms. The molecule has 0 aliphatic heterocycles. The molecule has 0 aliphatic carbocycles. The van der Waals surface area contributed by atoms with Gasteiger partial charge in [-0.3, -0.25) is 0 Å². The van der Waals surface area contributed by atoms with E-state index in [0.29, 0.717) is 16.5 Å². The Labute approximate surface area is 120 Å². The number of anilines is 1. The number of hydrogen-bond acceptors (Lipinski definition) is 5. The monoisotopic (exact) mass is 289 g/mol. The molecule has 2 N–H and O–H groups in total. The number of nitrogens with zero attached hydrogens (tertiary/aromatic N) is 4. The van der Waals surface area contributed by atoms with E-state index in [1.54, 1.807) is 0 Å². The minimum Gasteiger partial charge on any atom is -0.379 e. The van der Waals surface area contributed by atoms with Crippen LogP contribution < -0.4 is 5.73 Å². The van der Waals surface area contributed by atoms with Gasteiger partial charge in [-0.25, -0.2) is 9.61 Å². The van der Waals surface area contributed by atoms with E-state index in [-0.39, 0.29) is 5.82 Å². The van der Waals surface area contributed by atoms with E-state index < -0.39 is 0 Å². The van der Waals surface area contributed by atoms with Gasteiger partial charge >= 0.3 is 0 Å². The van der Waals surface area contributed by atoms with E-state index in [9.17, 15) is 0 Å². The molecule has 20 heavy (non-hydrogen) atoms. The molecular weight excluding hydrogens is 278 g/mol. The number of nitrogens with two attached hydrogens (primary N) is 1. The Kier molecular flexibility index (Phi) is 3.15. The molecule has 0 amide bonds. The molecule has 7 heteroatoms. The Morgan fingerprint density at radius 1 is 1.35 bits per heavy atom. The largest absolute Gasteiger partial charge is 0.379 e. The van der Waals surface area contributed by atoms with Gasteiger partial charge < -0.3 is 10.3 Å². The number of nitrogen functional groups attached to an aromatic ring is 1. The van der Waals surface area contributed by atoms with Gasteiger partial charge in [0, 0.05) is 23.3 Å². The fourth-order valence-corrected chi connectivity index (χ4v) is 2.17. The molecule has 6 nitrogen and oxygen atoms in total. The second kappa shape index (κ2) is 4.97. The Morgan fingerprint density at radius 3 is 2.85 bits per heavy atom. The van der Waals surface area contributed by atoms with Crippen LogP contribution in [0, 0.1) is 0 Å². The van der Waals surface area contributed by atoms with Crippen molar-refractivity contribution in [2.75, 3.05) is 5.73 Å². The van der Waals surface area contributed by atoms with Gasteiger partial charge in [-0.15, -0.1) is 0 Å². The molecule has 0 spiro atoms. The number of aryl methyl sites for hydroxylation is 1. The van der Waals surface area contributed by atoms with E-state index in [0.717, 1.165) is 17.8 Å². The van der Waals surface area contributed by atoms with Crippen molar-refractivity contribution in [2.24, 2.45) is 0 Å². The fourth-order valence-electron chi connectivity index (χ4n) is 1.98. The molecule has 3 rings (SSSR count). The molecular formula is C13H12ClN5O. The predicted molar refractivity (Wildman–Crippen MR) is 76.1 cm³/mol. The molecule has 0 fully saturated rings. The Morgan fingerprint density at radius 2 is 2.20 bits per heavy atom. The van der Waals surface area contributed by atoms with Crippen LogP contribution in [0.1, 0.15) is 6.92 Å². The Hall–Kier alpha value is -2.34. The van der Waals surface area contributed by atoms with Gasteiger partial charge in [0.2, 0.25) is 0 Å². The lowest BCUT2D eigenvalue weighted by atomic mass is 10.2. The van der Waals surface area contributed by atoms with Gasteiger partial charge in [0.25, 0.3) is 0 Å². The van der Waals surface area contributed by atoms with Crippen molar-refractivity contribution < 1.29 is 4.63 Å². The molecule has 3 aromatic rings. The van der Waals surface area contributed by atoms with Crippen molar-refractivity contribution >= 4 is 17.4 Å². The van der Waals surface area contributed by atoms with Gasteiger partial charge in [-0.2, -0.15) is 0 Å². The van der Waals surface area contributed by atoms with Crippen LogP contribution in [-0.2, 0) is 6.54 Å². The lowest BCUT2D eigenvalue weighted by Crippen LogP contribution is -1.98. The quantitative estimate of drug-likeness (QED) is 0.801. The van der Waals surface area contributed by atoms with Crippen LogP contribution in [-0.4, -0.2) is 19.9 Å². The number of aromatic nitrogens is 4. The summed E-state index contributed by atoms with van der Waals surface area (Å²) in [7, 11) is 0. The standard InChI is InChI=1S/C13H12ClN5O/c1-2-19-7-10(8-4-3-5-9(14)6-8)16-13(19)11-12(15)18-20-17-11/h3-7H,2H2,1H3,(H2,15,18). The second-order valence-corrected chi connectivity index (χ2v) is 4.68. The first kappa shape index (κ1) is 12.7. The lowest BCUT2D eigenvalue weighted by molar-refractivity contribution is 0.310. The summed E-state index contributed by atoms with van der Waals surface area (Å²) in [5.41, 5.74) is 7.90. The predicted octanol–water partition coefficient (Wildman–Crippen LogP) is 2.86. The Balaban J connectivity index is 2.12. The minimum absolute atomic E-state index is 0.225. The fraction of sp³-hybridized carbons (Fsp3) is 0.154. The zero-order valence-electron chi connectivity index (χ0n) is 10.7. The number of rotatable bonds is 3. The van der Waals surface area contributed by atoms with E-state index in [1.807, 2.05) is 42.0 Å². The maximum absolute atomic E-state index is 6.01. The van der Waals surface area contributed by atoms with Gasteiger partial charge in [-0.1, -0.05) is 23.7 Å². The van der Waals surface area contributed by atoms with Crippen molar-refractivity contribution in [1.82, 2.24) is 19.9 Å². The molecule has 0 atom stereocenters. The van der Waals surface area contributed by atoms with Crippen molar-refractivity contribution in [1.29, 1.82) is 0 Å². The normalized spacial score (nSPS) is 10.9. The van der Waals surface area contributed by atoms with E-state index in [4.69, 9.17) is 17.3 Å². The van der Waals surface area contributed by atoms with Gasteiger partial charge in [0.1, 0.15) is 0 Å². The number of halogens is 1. The van der Waals surface area contributed by atoms with Crippen LogP contribution in [0.5, 0.6) is 0 Å². The summed E-state index contributed by atoms with van der Waals surface area (Å²) in [6.45, 7) is 2.74. The highest BCUT2D eigenvalue weighted by molar-refractivity contribution is 6.30. The summed E-state index contributed by atoms with van der Waals surface area (Å²) in [6, 6.07) is 7.51. The highest BCUT2D eigenvalue weighted by atomic mass is 35.5. The summed E-state index contributed by atoms with van der Waals surface area (Å²) >= 11 is 6.01.